The molecule has 3 N–H and O–H groups in total. The number of hydrogen-bond acceptors (Lipinski definition) is 12. The molecule has 2 bridgehead atoms. The molecule has 2 saturated heterocycles. The van der Waals surface area contributed by atoms with Gasteiger partial charge in [-0.1, -0.05) is 44.5 Å². The van der Waals surface area contributed by atoms with Crippen molar-refractivity contribution in [3.05, 3.63) is 69.9 Å². The van der Waals surface area contributed by atoms with E-state index in [0.717, 1.165) is 27.7 Å². The topological polar surface area (TPSA) is 154 Å². The second-order valence-corrected chi connectivity index (χ2v) is 19.4. The fourth-order valence-corrected chi connectivity index (χ4v) is 12.4. The summed E-state index contributed by atoms with van der Waals surface area (Å²) in [5.74, 6) is -1.62. The number of fused-ring (bicyclic) bond motifs is 6. The number of aromatic amines is 1. The number of benzene rings is 2. The van der Waals surface area contributed by atoms with E-state index in [9.17, 15) is 19.8 Å². The van der Waals surface area contributed by atoms with Crippen LogP contribution in [-0.2, 0) is 45.8 Å². The normalized spacial score (nSPS) is 31.1. The third kappa shape index (κ3) is 7.29. The molecular weight excluding hydrogens is 812 g/mol. The predicted molar refractivity (Wildman–Crippen MR) is 239 cm³/mol. The van der Waals surface area contributed by atoms with Crippen molar-refractivity contribution in [1.29, 1.82) is 0 Å². The van der Waals surface area contributed by atoms with Crippen LogP contribution >= 0.6 is 11.6 Å². The molecule has 3 aromatic rings. The minimum Gasteiger partial charge on any atom is -0.496 e. The number of anilines is 1. The molecule has 0 saturated carbocycles. The molecule has 0 spiro atoms. The van der Waals surface area contributed by atoms with E-state index in [1.165, 1.54) is 28.1 Å². The predicted octanol–water partition coefficient (Wildman–Crippen LogP) is 5.92. The molecule has 0 amide bonds. The number of carbonyl (C=O) groups excluding carboxylic acids is 3. The summed E-state index contributed by atoms with van der Waals surface area (Å²) in [6, 6.07) is 9.45. The third-order valence-corrected chi connectivity index (χ3v) is 15.2. The van der Waals surface area contributed by atoms with Gasteiger partial charge >= 0.3 is 17.9 Å². The lowest BCUT2D eigenvalue weighted by atomic mass is 9.57. The van der Waals surface area contributed by atoms with Gasteiger partial charge in [-0.2, -0.15) is 0 Å². The van der Waals surface area contributed by atoms with Crippen molar-refractivity contribution in [2.24, 2.45) is 11.3 Å². The summed E-state index contributed by atoms with van der Waals surface area (Å²) >= 11 is 6.69. The van der Waals surface area contributed by atoms with Gasteiger partial charge in [0.1, 0.15) is 11.2 Å². The lowest BCUT2D eigenvalue weighted by Crippen LogP contribution is -2.66. The largest absolute Gasteiger partial charge is 0.496 e. The summed E-state index contributed by atoms with van der Waals surface area (Å²) in [6.07, 6.45) is 5.75. The van der Waals surface area contributed by atoms with Crippen molar-refractivity contribution >= 4 is 46.1 Å². The van der Waals surface area contributed by atoms with Crippen molar-refractivity contribution in [2.75, 3.05) is 73.0 Å². The summed E-state index contributed by atoms with van der Waals surface area (Å²) in [5.41, 5.74) is -1.54. The van der Waals surface area contributed by atoms with Gasteiger partial charge in [0.25, 0.3) is 0 Å². The van der Waals surface area contributed by atoms with Crippen LogP contribution in [0.3, 0.4) is 0 Å². The third-order valence-electron chi connectivity index (χ3n) is 15.0. The number of nitrogens with one attached hydrogen (secondary N) is 1. The van der Waals surface area contributed by atoms with Crippen LogP contribution in [-0.4, -0.2) is 134 Å². The molecule has 1 aromatic heterocycles. The van der Waals surface area contributed by atoms with Gasteiger partial charge in [-0.25, -0.2) is 4.79 Å². The minimum absolute atomic E-state index is 0.116. The van der Waals surface area contributed by atoms with Crippen LogP contribution in [0.1, 0.15) is 89.1 Å². The Balaban J connectivity index is 1.55. The van der Waals surface area contributed by atoms with Crippen molar-refractivity contribution in [2.45, 2.75) is 107 Å². The van der Waals surface area contributed by atoms with Crippen molar-refractivity contribution in [3.63, 3.8) is 0 Å². The van der Waals surface area contributed by atoms with E-state index in [2.05, 4.69) is 27.8 Å². The lowest BCUT2D eigenvalue weighted by Gasteiger charge is -2.55. The van der Waals surface area contributed by atoms with E-state index in [4.69, 9.17) is 30.5 Å². The van der Waals surface area contributed by atoms with Crippen LogP contribution < -0.4 is 9.64 Å². The lowest BCUT2D eigenvalue weighted by molar-refractivity contribution is -0.200. The number of methoxy groups -OCH3 is 3. The first-order valence-electron chi connectivity index (χ1n) is 21.9. The molecule has 0 radical (unpaired) electrons. The number of halogens is 1. The second-order valence-electron chi connectivity index (χ2n) is 18.9. The van der Waals surface area contributed by atoms with Crippen LogP contribution in [0.25, 0.3) is 10.9 Å². The van der Waals surface area contributed by atoms with Crippen molar-refractivity contribution in [1.82, 2.24) is 14.8 Å². The molecule has 62 heavy (non-hydrogen) atoms. The average Bonchev–Trinajstić information content (AvgIpc) is 3.81. The summed E-state index contributed by atoms with van der Waals surface area (Å²) in [4.78, 5) is 52.3. The number of piperidine rings is 1. The highest BCUT2D eigenvalue weighted by atomic mass is 35.5. The monoisotopic (exact) mass is 876 g/mol. The summed E-state index contributed by atoms with van der Waals surface area (Å²) in [5, 5.41) is 25.6. The number of hydrogen-bond donors (Lipinski definition) is 3. The van der Waals surface area contributed by atoms with E-state index in [1.54, 1.807) is 7.11 Å². The maximum Gasteiger partial charge on any atom is 0.341 e. The number of carbonyl (C=O) groups is 3. The zero-order chi connectivity index (χ0) is 45.2. The number of rotatable bonds is 11. The highest BCUT2D eigenvalue weighted by Gasteiger charge is 2.65. The minimum atomic E-state index is -2.21. The quantitative estimate of drug-likeness (QED) is 0.119. The van der Waals surface area contributed by atoms with Crippen LogP contribution in [0.15, 0.2) is 42.5 Å². The molecule has 5 heterocycles. The molecule has 13 nitrogen and oxygen atoms in total. The summed E-state index contributed by atoms with van der Waals surface area (Å²) in [6.45, 7) is 12.0. The Hall–Kier alpha value is -4.14. The zero-order valence-electron chi connectivity index (χ0n) is 38.0. The Morgan fingerprint density at radius 1 is 1.05 bits per heavy atom. The smallest absolute Gasteiger partial charge is 0.341 e. The van der Waals surface area contributed by atoms with Gasteiger partial charge in [-0.3, -0.25) is 19.4 Å². The molecule has 338 valence electrons. The molecule has 3 unspecified atom stereocenters. The van der Waals surface area contributed by atoms with E-state index >= 15 is 4.79 Å². The number of esters is 3. The molecular formula is C48H65ClN4O9. The molecule has 4 aliphatic rings. The van der Waals surface area contributed by atoms with E-state index in [1.807, 2.05) is 69.3 Å². The Kier molecular flexibility index (Phi) is 12.4. The maximum absolute atomic E-state index is 15.4. The standard InChI is InChI=1S/C48H65ClN4O9/c1-11-46(58)25-30-26-48(43(56)61-10,39-32(16-20-52(27-30)28-46)33-22-31(49)14-15-36(33)50-39)35-23-34(37(51(6)7)24-38(35)59-8)44(4)18-21-53-19-13-17-47(12-2,40(44)53)41(62-29(3)54)45(5,57)42(55)60-9/h13-15,17,22-24,30,40-41,50,57-58H,11-12,16,18-21,25-28H2,1-10H3/t30-,40?,41-,44-,45?,46-,47+,48-/m0/s1. The van der Waals surface area contributed by atoms with Gasteiger partial charge < -0.3 is 39.0 Å². The fraction of sp³-hybridized carbons (Fsp3) is 0.604. The van der Waals surface area contributed by atoms with Gasteiger partial charge in [-0.05, 0) is 93.3 Å². The van der Waals surface area contributed by atoms with Crippen LogP contribution in [0, 0.1) is 11.3 Å². The number of aromatic nitrogens is 1. The van der Waals surface area contributed by atoms with Gasteiger partial charge in [0, 0.05) is 103 Å². The van der Waals surface area contributed by atoms with Gasteiger partial charge in [0.05, 0.1) is 26.9 Å². The van der Waals surface area contributed by atoms with Crippen molar-refractivity contribution < 1.29 is 43.5 Å². The average molecular weight is 878 g/mol. The van der Waals surface area contributed by atoms with E-state index in [0.29, 0.717) is 93.3 Å². The highest BCUT2D eigenvalue weighted by molar-refractivity contribution is 6.31. The Bertz CT molecular complexity index is 2260. The number of ether oxygens (including phenoxy) is 4. The Morgan fingerprint density at radius 3 is 2.42 bits per heavy atom. The Labute approximate surface area is 370 Å². The van der Waals surface area contributed by atoms with Crippen LogP contribution in [0.5, 0.6) is 5.75 Å². The fourth-order valence-electron chi connectivity index (χ4n) is 12.2. The summed E-state index contributed by atoms with van der Waals surface area (Å²) in [7, 11) is 8.20. The van der Waals surface area contributed by atoms with Gasteiger partial charge in [0.2, 0.25) is 0 Å². The van der Waals surface area contributed by atoms with Gasteiger partial charge in [0.15, 0.2) is 11.7 Å². The maximum atomic E-state index is 15.4. The molecule has 2 fully saturated rings. The first kappa shape index (κ1) is 45.9. The zero-order valence-corrected chi connectivity index (χ0v) is 38.8. The SMILES string of the molecule is CC[C@]1(O)C[C@@H]2CN(CCc3c([nH]c4ccc(Cl)cc34)[C@@](C(=O)OC)(c3cc([C@]4(C)CCN5CC=C[C@@](CC)([C@@H](OC(C)=O)C(C)(O)C(=O)OC)C54)c(N(C)C)cc3OC)C2)C1. The molecule has 14 heteroatoms. The van der Waals surface area contributed by atoms with E-state index < -0.39 is 57.5 Å². The molecule has 0 aliphatic carbocycles. The van der Waals surface area contributed by atoms with Gasteiger partial charge in [-0.15, -0.1) is 0 Å². The van der Waals surface area contributed by atoms with E-state index in [-0.39, 0.29) is 5.92 Å². The highest BCUT2D eigenvalue weighted by Crippen LogP contribution is 2.58. The number of H-pyrrole nitrogens is 1. The number of aliphatic hydroxyl groups is 2. The second kappa shape index (κ2) is 16.8. The Morgan fingerprint density at radius 2 is 1.79 bits per heavy atom. The molecule has 2 aromatic carbocycles. The molecule has 4 aliphatic heterocycles. The number of nitrogens with zero attached hydrogens (tertiary/aromatic N) is 3. The molecule has 7 rings (SSSR count). The first-order valence-corrected chi connectivity index (χ1v) is 22.3. The van der Waals surface area contributed by atoms with Crippen LogP contribution in [0.4, 0.5) is 5.69 Å². The van der Waals surface area contributed by atoms with Crippen molar-refractivity contribution in [3.8, 4) is 5.75 Å². The molecule has 9 atom stereocenters. The summed E-state index contributed by atoms with van der Waals surface area (Å²) < 4.78 is 23.6. The first-order chi connectivity index (χ1) is 29.3. The van der Waals surface area contributed by atoms with Crippen LogP contribution in [0.2, 0.25) is 5.02 Å².